The molecule has 2 heterocycles. The number of nitrogen functional groups attached to an aromatic ring is 1. The van der Waals surface area contributed by atoms with Crippen LogP contribution in [0, 0.1) is 0 Å². The number of hydrogen-bond donors (Lipinski definition) is 1. The van der Waals surface area contributed by atoms with E-state index >= 15 is 0 Å². The van der Waals surface area contributed by atoms with Crippen LogP contribution in [0.25, 0.3) is 27.7 Å². The lowest BCUT2D eigenvalue weighted by atomic mass is 10.2. The first-order chi connectivity index (χ1) is 9.84. The van der Waals surface area contributed by atoms with E-state index in [1.54, 1.807) is 4.52 Å². The molecule has 2 N–H and O–H groups in total. The second kappa shape index (κ2) is 4.06. The summed E-state index contributed by atoms with van der Waals surface area (Å²) in [5, 5.41) is 6.52. The minimum absolute atomic E-state index is 0.383. The fourth-order valence-electron chi connectivity index (χ4n) is 2.47. The zero-order valence-corrected chi connectivity index (χ0v) is 10.7. The van der Waals surface area contributed by atoms with Gasteiger partial charge in [0.15, 0.2) is 0 Å². The van der Waals surface area contributed by atoms with Gasteiger partial charge in [0.2, 0.25) is 0 Å². The number of anilines is 1. The monoisotopic (exact) mass is 262 g/mol. The quantitative estimate of drug-likeness (QED) is 0.537. The van der Waals surface area contributed by atoms with Crippen molar-refractivity contribution in [3.05, 3.63) is 60.8 Å². The Kier molecular flexibility index (Phi) is 2.23. The summed E-state index contributed by atoms with van der Waals surface area (Å²) in [6.07, 6.45) is 1.82. The first-order valence-corrected chi connectivity index (χ1v) is 6.38. The van der Waals surface area contributed by atoms with Gasteiger partial charge in [0.05, 0.1) is 10.9 Å². The van der Waals surface area contributed by atoms with Crippen LogP contribution in [0.1, 0.15) is 0 Å². The first kappa shape index (κ1) is 11.0. The fraction of sp³-hybridized carbons (Fsp3) is 0. The number of fused-ring (bicyclic) bond motifs is 3. The van der Waals surface area contributed by atoms with Gasteiger partial charge in [-0.05, 0) is 22.7 Å². The Bertz CT molecular complexity index is 913. The van der Waals surface area contributed by atoms with E-state index in [1.165, 1.54) is 0 Å². The molecule has 2 aromatic carbocycles. The van der Waals surface area contributed by atoms with Gasteiger partial charge >= 0.3 is 11.4 Å². The van der Waals surface area contributed by atoms with Crippen molar-refractivity contribution in [1.82, 2.24) is 5.10 Å². The number of hydrogen-bond acceptors (Lipinski definition) is 3. The van der Waals surface area contributed by atoms with E-state index in [2.05, 4.69) is 5.10 Å². The van der Waals surface area contributed by atoms with Gasteiger partial charge in [0, 0.05) is 10.5 Å². The van der Waals surface area contributed by atoms with E-state index in [0.29, 0.717) is 11.8 Å². The molecule has 0 radical (unpaired) electrons. The van der Waals surface area contributed by atoms with Crippen molar-refractivity contribution in [1.29, 1.82) is 0 Å². The molecule has 4 heteroatoms. The molecule has 0 aliphatic heterocycles. The molecule has 4 aromatic rings. The van der Waals surface area contributed by atoms with Gasteiger partial charge in [-0.15, -0.1) is 0 Å². The Balaban J connectivity index is 2.13. The molecule has 0 amide bonds. The summed E-state index contributed by atoms with van der Waals surface area (Å²) >= 11 is 0. The lowest BCUT2D eigenvalue weighted by Gasteiger charge is -1.93. The van der Waals surface area contributed by atoms with Crippen molar-refractivity contribution >= 4 is 22.2 Å². The number of nitrogens with zero attached hydrogens (tertiary/aromatic N) is 2. The van der Waals surface area contributed by atoms with E-state index in [4.69, 9.17) is 10.2 Å². The minimum Gasteiger partial charge on any atom is -0.379 e. The molecule has 0 bridgehead atoms. The summed E-state index contributed by atoms with van der Waals surface area (Å²) in [5.74, 6) is 1.03. The summed E-state index contributed by atoms with van der Waals surface area (Å²) in [6.45, 7) is 0. The highest BCUT2D eigenvalue weighted by molar-refractivity contribution is 5.97. The van der Waals surface area contributed by atoms with Gasteiger partial charge in [-0.1, -0.05) is 36.4 Å². The molecular formula is C16H12N3O+. The summed E-state index contributed by atoms with van der Waals surface area (Å²) in [5.41, 5.74) is 7.81. The Morgan fingerprint density at radius 1 is 0.950 bits per heavy atom. The molecule has 0 aliphatic rings. The van der Waals surface area contributed by atoms with Crippen LogP contribution in [-0.4, -0.2) is 5.10 Å². The number of aromatic nitrogens is 2. The third-order valence-corrected chi connectivity index (χ3v) is 3.39. The summed E-state index contributed by atoms with van der Waals surface area (Å²) in [4.78, 5) is 0. The van der Waals surface area contributed by atoms with Gasteiger partial charge < -0.3 is 10.2 Å². The largest absolute Gasteiger partial charge is 0.414 e. The van der Waals surface area contributed by atoms with Crippen molar-refractivity contribution < 1.29 is 8.93 Å². The van der Waals surface area contributed by atoms with E-state index in [0.717, 1.165) is 21.9 Å². The van der Waals surface area contributed by atoms with E-state index in [-0.39, 0.29) is 0 Å². The van der Waals surface area contributed by atoms with Crippen molar-refractivity contribution in [3.8, 4) is 11.5 Å². The zero-order chi connectivity index (χ0) is 13.5. The molecule has 0 spiro atoms. The maximum absolute atomic E-state index is 6.05. The highest BCUT2D eigenvalue weighted by atomic mass is 16.4. The normalized spacial score (nSPS) is 11.2. The van der Waals surface area contributed by atoms with Crippen molar-refractivity contribution in [2.45, 2.75) is 0 Å². The van der Waals surface area contributed by atoms with Crippen molar-refractivity contribution in [3.63, 3.8) is 0 Å². The number of rotatable bonds is 1. The fourth-order valence-corrected chi connectivity index (χ4v) is 2.47. The van der Waals surface area contributed by atoms with Crippen LogP contribution < -0.4 is 10.2 Å². The van der Waals surface area contributed by atoms with Gasteiger partial charge in [-0.3, -0.25) is 0 Å². The molecule has 0 aliphatic carbocycles. The number of benzene rings is 2. The Morgan fingerprint density at radius 3 is 2.55 bits per heavy atom. The van der Waals surface area contributed by atoms with Crippen molar-refractivity contribution in [2.24, 2.45) is 0 Å². The van der Waals surface area contributed by atoms with Crippen LogP contribution in [0.5, 0.6) is 0 Å². The van der Waals surface area contributed by atoms with Gasteiger partial charge in [0.25, 0.3) is 5.88 Å². The van der Waals surface area contributed by atoms with Crippen LogP contribution in [0.3, 0.4) is 0 Å². The predicted octanol–water partition coefficient (Wildman–Crippen LogP) is 2.82. The number of nitrogens with two attached hydrogens (primary N) is 1. The number of oxazole rings is 1. The summed E-state index contributed by atoms with van der Waals surface area (Å²) in [7, 11) is 0. The van der Waals surface area contributed by atoms with Gasteiger partial charge in [-0.2, -0.15) is 0 Å². The molecule has 4 nitrogen and oxygen atoms in total. The second-order valence-corrected chi connectivity index (χ2v) is 4.63. The zero-order valence-electron chi connectivity index (χ0n) is 10.7. The minimum atomic E-state index is 0.383. The maximum atomic E-state index is 6.05. The lowest BCUT2D eigenvalue weighted by molar-refractivity contribution is -0.571. The molecule has 96 valence electrons. The maximum Gasteiger partial charge on any atom is 0.414 e. The Labute approximate surface area is 115 Å². The molecule has 2 aromatic heterocycles. The summed E-state index contributed by atoms with van der Waals surface area (Å²) in [6, 6.07) is 17.8. The molecule has 0 atom stereocenters. The average Bonchev–Trinajstić information content (AvgIpc) is 2.86. The van der Waals surface area contributed by atoms with E-state index in [9.17, 15) is 0 Å². The lowest BCUT2D eigenvalue weighted by Crippen LogP contribution is -2.26. The SMILES string of the molecule is Nc1oc(-c2ccccc2)[n+]2ncc3ccccc3c12. The van der Waals surface area contributed by atoms with E-state index in [1.807, 2.05) is 60.8 Å². The topological polar surface area (TPSA) is 56.1 Å². The molecular weight excluding hydrogens is 250 g/mol. The molecule has 20 heavy (non-hydrogen) atoms. The smallest absolute Gasteiger partial charge is 0.379 e. The van der Waals surface area contributed by atoms with Crippen LogP contribution in [0.2, 0.25) is 0 Å². The average molecular weight is 262 g/mol. The Hall–Kier alpha value is -2.88. The van der Waals surface area contributed by atoms with E-state index < -0.39 is 0 Å². The predicted molar refractivity (Wildman–Crippen MR) is 77.0 cm³/mol. The van der Waals surface area contributed by atoms with Gasteiger partial charge in [-0.25, -0.2) is 0 Å². The molecule has 0 unspecified atom stereocenters. The van der Waals surface area contributed by atoms with Crippen LogP contribution >= 0.6 is 0 Å². The highest BCUT2D eigenvalue weighted by Gasteiger charge is 2.26. The van der Waals surface area contributed by atoms with Gasteiger partial charge in [0.1, 0.15) is 6.20 Å². The Morgan fingerprint density at radius 2 is 1.70 bits per heavy atom. The third-order valence-electron chi connectivity index (χ3n) is 3.39. The van der Waals surface area contributed by atoms with Crippen LogP contribution in [0.4, 0.5) is 5.88 Å². The second-order valence-electron chi connectivity index (χ2n) is 4.63. The summed E-state index contributed by atoms with van der Waals surface area (Å²) < 4.78 is 7.49. The first-order valence-electron chi connectivity index (χ1n) is 6.38. The van der Waals surface area contributed by atoms with Crippen LogP contribution in [-0.2, 0) is 0 Å². The molecule has 0 saturated heterocycles. The van der Waals surface area contributed by atoms with Crippen molar-refractivity contribution in [2.75, 3.05) is 5.73 Å². The molecule has 0 saturated carbocycles. The molecule has 0 fully saturated rings. The molecule has 4 rings (SSSR count). The standard InChI is InChI=1S/C16H12N3O/c17-15-14-13-9-5-4-8-12(13)10-18-19(14)16(20-15)11-6-2-1-3-7-11/h1-10H,17H2/q+1. The highest BCUT2D eigenvalue weighted by Crippen LogP contribution is 2.26. The van der Waals surface area contributed by atoms with Crippen LogP contribution in [0.15, 0.2) is 65.2 Å². The third kappa shape index (κ3) is 1.48.